The number of carbonyl (C=O) groups is 3. The van der Waals surface area contributed by atoms with Crippen LogP contribution in [0, 0.1) is 0 Å². The Morgan fingerprint density at radius 2 is 1.91 bits per heavy atom. The van der Waals surface area contributed by atoms with Gasteiger partial charge in [0, 0.05) is 0 Å². The van der Waals surface area contributed by atoms with E-state index < -0.39 is 17.1 Å². The zero-order valence-corrected chi connectivity index (χ0v) is 13.9. The van der Waals surface area contributed by atoms with E-state index in [1.807, 2.05) is 0 Å². The zero-order valence-electron chi connectivity index (χ0n) is 13.1. The quantitative estimate of drug-likeness (QED) is 0.608. The molecule has 0 radical (unpaired) electrons. The largest absolute Gasteiger partial charge is 0.497 e. The van der Waals surface area contributed by atoms with E-state index in [0.717, 1.165) is 22.2 Å². The van der Waals surface area contributed by atoms with Crippen molar-refractivity contribution in [2.75, 3.05) is 13.7 Å². The molecule has 1 aromatic rings. The molecule has 0 unspecified atom stereocenters. The third-order valence-corrected chi connectivity index (χ3v) is 3.85. The van der Waals surface area contributed by atoms with E-state index in [9.17, 15) is 14.4 Å². The van der Waals surface area contributed by atoms with Gasteiger partial charge in [-0.2, -0.15) is 0 Å². The van der Waals surface area contributed by atoms with Gasteiger partial charge in [-0.3, -0.25) is 19.3 Å². The molecule has 0 N–H and O–H groups in total. The van der Waals surface area contributed by atoms with Crippen LogP contribution in [0.25, 0.3) is 6.08 Å². The predicted octanol–water partition coefficient (Wildman–Crippen LogP) is 2.68. The van der Waals surface area contributed by atoms with Crippen molar-refractivity contribution in [1.82, 2.24) is 4.90 Å². The molecule has 23 heavy (non-hydrogen) atoms. The van der Waals surface area contributed by atoms with Gasteiger partial charge >= 0.3 is 5.97 Å². The smallest absolute Gasteiger partial charge is 0.326 e. The summed E-state index contributed by atoms with van der Waals surface area (Å²) in [5.41, 5.74) is 0.765. The predicted molar refractivity (Wildman–Crippen MR) is 86.9 cm³/mol. The molecule has 0 bridgehead atoms. The summed E-state index contributed by atoms with van der Waals surface area (Å²) in [5.74, 6) is -0.392. The number of methoxy groups -OCH3 is 1. The van der Waals surface area contributed by atoms with Crippen LogP contribution in [-0.4, -0.2) is 41.8 Å². The number of carbonyl (C=O) groups excluding carboxylic acids is 3. The highest BCUT2D eigenvalue weighted by atomic mass is 32.2. The van der Waals surface area contributed by atoms with Crippen LogP contribution in [0.5, 0.6) is 5.75 Å². The maximum absolute atomic E-state index is 12.2. The van der Waals surface area contributed by atoms with Gasteiger partial charge in [-0.05, 0) is 49.4 Å². The lowest BCUT2D eigenvalue weighted by atomic mass is 10.2. The van der Waals surface area contributed by atoms with Crippen molar-refractivity contribution in [3.05, 3.63) is 34.7 Å². The number of benzene rings is 1. The minimum atomic E-state index is -0.604. The van der Waals surface area contributed by atoms with E-state index in [4.69, 9.17) is 9.47 Å². The molecule has 1 saturated heterocycles. The molecule has 6 nitrogen and oxygen atoms in total. The molecule has 1 aromatic carbocycles. The van der Waals surface area contributed by atoms with Crippen LogP contribution in [-0.2, 0) is 14.3 Å². The number of nitrogens with zero attached hydrogens (tertiary/aromatic N) is 1. The fourth-order valence-electron chi connectivity index (χ4n) is 1.92. The van der Waals surface area contributed by atoms with Crippen molar-refractivity contribution in [2.24, 2.45) is 0 Å². The topological polar surface area (TPSA) is 72.9 Å². The Kier molecular flexibility index (Phi) is 5.44. The Morgan fingerprint density at radius 1 is 1.26 bits per heavy atom. The molecule has 1 fully saturated rings. The number of ether oxygens (including phenoxy) is 2. The maximum Gasteiger partial charge on any atom is 0.326 e. The van der Waals surface area contributed by atoms with Gasteiger partial charge in [-0.25, -0.2) is 0 Å². The molecule has 0 atom stereocenters. The van der Waals surface area contributed by atoms with Crippen molar-refractivity contribution in [3.8, 4) is 5.75 Å². The number of thioether (sulfide) groups is 1. The normalized spacial score (nSPS) is 16.3. The average Bonchev–Trinajstić information content (AvgIpc) is 2.75. The first-order valence-electron chi connectivity index (χ1n) is 6.99. The minimum Gasteiger partial charge on any atom is -0.497 e. The van der Waals surface area contributed by atoms with Crippen LogP contribution < -0.4 is 4.74 Å². The Morgan fingerprint density at radius 3 is 2.48 bits per heavy atom. The van der Waals surface area contributed by atoms with E-state index in [-0.39, 0.29) is 17.6 Å². The van der Waals surface area contributed by atoms with Gasteiger partial charge in [0.05, 0.1) is 18.1 Å². The van der Waals surface area contributed by atoms with Crippen molar-refractivity contribution < 1.29 is 23.9 Å². The average molecular weight is 335 g/mol. The van der Waals surface area contributed by atoms with Crippen molar-refractivity contribution in [2.45, 2.75) is 20.0 Å². The van der Waals surface area contributed by atoms with Crippen molar-refractivity contribution in [1.29, 1.82) is 0 Å². The van der Waals surface area contributed by atoms with Crippen LogP contribution in [0.4, 0.5) is 4.79 Å². The highest BCUT2D eigenvalue weighted by molar-refractivity contribution is 8.18. The van der Waals surface area contributed by atoms with Gasteiger partial charge in [0.25, 0.3) is 11.1 Å². The summed E-state index contributed by atoms with van der Waals surface area (Å²) >= 11 is 0.807. The third kappa shape index (κ3) is 4.35. The van der Waals surface area contributed by atoms with Crippen LogP contribution in [0.3, 0.4) is 0 Å². The van der Waals surface area contributed by atoms with Gasteiger partial charge < -0.3 is 9.47 Å². The zero-order chi connectivity index (χ0) is 17.0. The third-order valence-electron chi connectivity index (χ3n) is 2.94. The monoisotopic (exact) mass is 335 g/mol. The van der Waals surface area contributed by atoms with Gasteiger partial charge in [0.15, 0.2) is 0 Å². The molecular weight excluding hydrogens is 318 g/mol. The summed E-state index contributed by atoms with van der Waals surface area (Å²) in [4.78, 5) is 36.9. The van der Waals surface area contributed by atoms with E-state index in [2.05, 4.69) is 0 Å². The van der Waals surface area contributed by atoms with E-state index in [1.54, 1.807) is 51.3 Å². The summed E-state index contributed by atoms with van der Waals surface area (Å²) in [6.45, 7) is 3.04. The van der Waals surface area contributed by atoms with Crippen molar-refractivity contribution >= 4 is 35.0 Å². The SMILES string of the molecule is COc1ccc(/C=C2\SC(=O)N(CC(=O)OC(C)C)C2=O)cc1. The van der Waals surface area contributed by atoms with E-state index >= 15 is 0 Å². The number of hydrogen-bond donors (Lipinski definition) is 0. The molecule has 0 saturated carbocycles. The fraction of sp³-hybridized carbons (Fsp3) is 0.312. The van der Waals surface area contributed by atoms with Crippen LogP contribution in [0.2, 0.25) is 0 Å². The number of rotatable bonds is 5. The standard InChI is InChI=1S/C16H17NO5S/c1-10(2)22-14(18)9-17-15(19)13(23-16(17)20)8-11-4-6-12(21-3)7-5-11/h4-8,10H,9H2,1-3H3/b13-8-. The second-order valence-corrected chi connectivity index (χ2v) is 6.07. The Bertz CT molecular complexity index is 651. The lowest BCUT2D eigenvalue weighted by molar-refractivity contribution is -0.149. The highest BCUT2D eigenvalue weighted by Crippen LogP contribution is 2.32. The molecular formula is C16H17NO5S. The van der Waals surface area contributed by atoms with E-state index in [1.165, 1.54) is 0 Å². The van der Waals surface area contributed by atoms with E-state index in [0.29, 0.717) is 5.75 Å². The summed E-state index contributed by atoms with van der Waals surface area (Å²) in [6, 6.07) is 7.08. The fourth-order valence-corrected chi connectivity index (χ4v) is 2.76. The molecule has 1 aliphatic heterocycles. The molecule has 0 aliphatic carbocycles. The summed E-state index contributed by atoms with van der Waals surface area (Å²) < 4.78 is 10.0. The number of imide groups is 1. The Labute approximate surface area is 138 Å². The number of esters is 1. The molecule has 1 aliphatic rings. The first kappa shape index (κ1) is 17.1. The number of hydrogen-bond acceptors (Lipinski definition) is 6. The Balaban J connectivity index is 2.10. The highest BCUT2D eigenvalue weighted by Gasteiger charge is 2.36. The lowest BCUT2D eigenvalue weighted by Gasteiger charge is -2.13. The molecule has 2 rings (SSSR count). The molecule has 0 aromatic heterocycles. The Hall–Kier alpha value is -2.28. The maximum atomic E-state index is 12.2. The van der Waals surface area contributed by atoms with Crippen LogP contribution in [0.1, 0.15) is 19.4 Å². The van der Waals surface area contributed by atoms with Gasteiger partial charge in [0.2, 0.25) is 0 Å². The second-order valence-electron chi connectivity index (χ2n) is 5.08. The summed E-state index contributed by atoms with van der Waals surface area (Å²) in [6.07, 6.45) is 1.32. The van der Waals surface area contributed by atoms with Crippen LogP contribution in [0.15, 0.2) is 29.2 Å². The van der Waals surface area contributed by atoms with Gasteiger partial charge in [0.1, 0.15) is 12.3 Å². The minimum absolute atomic E-state index is 0.275. The molecule has 7 heteroatoms. The molecule has 122 valence electrons. The number of amides is 2. The first-order valence-corrected chi connectivity index (χ1v) is 7.81. The second kappa shape index (κ2) is 7.32. The first-order chi connectivity index (χ1) is 10.9. The summed E-state index contributed by atoms with van der Waals surface area (Å²) in [5, 5.41) is -0.476. The molecule has 1 heterocycles. The van der Waals surface area contributed by atoms with Crippen LogP contribution >= 0.6 is 11.8 Å². The lowest BCUT2D eigenvalue weighted by Crippen LogP contribution is -2.35. The van der Waals surface area contributed by atoms with Crippen molar-refractivity contribution in [3.63, 3.8) is 0 Å². The molecule has 0 spiro atoms. The van der Waals surface area contributed by atoms with Gasteiger partial charge in [-0.15, -0.1) is 0 Å². The molecule has 2 amide bonds. The van der Waals surface area contributed by atoms with Gasteiger partial charge in [-0.1, -0.05) is 12.1 Å². The summed E-state index contributed by atoms with van der Waals surface area (Å²) in [7, 11) is 1.57.